The predicted molar refractivity (Wildman–Crippen MR) is 103 cm³/mol. The lowest BCUT2D eigenvalue weighted by Crippen LogP contribution is -2.35. The molecule has 3 heterocycles. The second-order valence-electron chi connectivity index (χ2n) is 5.89. The van der Waals surface area contributed by atoms with Crippen LogP contribution in [-0.2, 0) is 17.9 Å². The van der Waals surface area contributed by atoms with Crippen molar-refractivity contribution in [2.75, 3.05) is 6.54 Å². The number of para-hydroxylation sites is 1. The predicted octanol–water partition coefficient (Wildman–Crippen LogP) is 0.0168. The van der Waals surface area contributed by atoms with Crippen LogP contribution in [0.3, 0.4) is 0 Å². The van der Waals surface area contributed by atoms with Gasteiger partial charge in [0.25, 0.3) is 5.56 Å². The number of aromatic nitrogens is 6. The number of benzene rings is 1. The Morgan fingerprint density at radius 2 is 1.96 bits per heavy atom. The van der Waals surface area contributed by atoms with E-state index in [-0.39, 0.29) is 36.8 Å². The van der Waals surface area contributed by atoms with Gasteiger partial charge in [-0.05, 0) is 40.1 Å². The highest BCUT2D eigenvalue weighted by atomic mass is 32.1. The van der Waals surface area contributed by atoms with Crippen molar-refractivity contribution in [2.24, 2.45) is 0 Å². The molecule has 28 heavy (non-hydrogen) atoms. The van der Waals surface area contributed by atoms with Gasteiger partial charge in [-0.1, -0.05) is 12.1 Å². The minimum Gasteiger partial charge on any atom is -0.353 e. The third-order valence-corrected chi connectivity index (χ3v) is 4.89. The summed E-state index contributed by atoms with van der Waals surface area (Å²) in [7, 11) is 0. The monoisotopic (exact) mass is 397 g/mol. The van der Waals surface area contributed by atoms with Crippen LogP contribution in [0.15, 0.2) is 57.7 Å². The lowest BCUT2D eigenvalue weighted by Gasteiger charge is -2.07. The molecule has 1 aromatic carbocycles. The van der Waals surface area contributed by atoms with Gasteiger partial charge in [0.15, 0.2) is 0 Å². The molecule has 0 aliphatic rings. The first-order valence-corrected chi connectivity index (χ1v) is 9.29. The molecule has 0 spiro atoms. The second-order valence-corrected chi connectivity index (χ2v) is 6.82. The number of hydrogen-bond acceptors (Lipinski definition) is 7. The maximum atomic E-state index is 12.4. The Morgan fingerprint density at radius 3 is 2.79 bits per heavy atom. The van der Waals surface area contributed by atoms with Gasteiger partial charge in [0.1, 0.15) is 11.5 Å². The van der Waals surface area contributed by atoms with Crippen molar-refractivity contribution in [3.05, 3.63) is 68.9 Å². The first-order chi connectivity index (χ1) is 13.6. The second kappa shape index (κ2) is 7.56. The number of carbonyl (C=O) groups is 1. The van der Waals surface area contributed by atoms with Crippen LogP contribution in [0.2, 0.25) is 0 Å². The number of fused-ring (bicyclic) bond motifs is 1. The molecule has 0 aliphatic heterocycles. The lowest BCUT2D eigenvalue weighted by atomic mass is 10.2. The molecular weight excluding hydrogens is 382 g/mol. The molecule has 4 aromatic rings. The fourth-order valence-corrected chi connectivity index (χ4v) is 3.34. The zero-order valence-electron chi connectivity index (χ0n) is 14.6. The maximum Gasteiger partial charge on any atom is 0.369 e. The van der Waals surface area contributed by atoms with Gasteiger partial charge in [0.05, 0.1) is 23.8 Å². The molecular formula is C17H15N7O3S. The number of rotatable bonds is 6. The quantitative estimate of drug-likeness (QED) is 0.490. The van der Waals surface area contributed by atoms with E-state index in [1.165, 1.54) is 31.6 Å². The molecule has 142 valence electrons. The smallest absolute Gasteiger partial charge is 0.353 e. The third kappa shape index (κ3) is 3.47. The Kier molecular flexibility index (Phi) is 4.81. The van der Waals surface area contributed by atoms with Gasteiger partial charge in [-0.2, -0.15) is 9.36 Å². The summed E-state index contributed by atoms with van der Waals surface area (Å²) in [5.74, 6) is -0.363. The molecule has 0 fully saturated rings. The summed E-state index contributed by atoms with van der Waals surface area (Å²) in [6.07, 6.45) is 1.35. The molecule has 0 atom stereocenters. The van der Waals surface area contributed by atoms with Gasteiger partial charge in [-0.3, -0.25) is 14.2 Å². The number of amides is 1. The van der Waals surface area contributed by atoms with E-state index in [2.05, 4.69) is 20.7 Å². The highest BCUT2D eigenvalue weighted by molar-refractivity contribution is 7.12. The molecule has 0 aliphatic carbocycles. The highest BCUT2D eigenvalue weighted by Gasteiger charge is 2.11. The molecule has 1 N–H and O–H groups in total. The summed E-state index contributed by atoms with van der Waals surface area (Å²) >= 11 is 1.37. The topological polar surface area (TPSA) is 117 Å². The van der Waals surface area contributed by atoms with E-state index < -0.39 is 0 Å². The largest absolute Gasteiger partial charge is 0.369 e. The molecule has 0 saturated heterocycles. The number of carbonyl (C=O) groups excluding carboxylic acids is 1. The Morgan fingerprint density at radius 1 is 1.11 bits per heavy atom. The van der Waals surface area contributed by atoms with E-state index in [1.54, 1.807) is 30.3 Å². The zero-order chi connectivity index (χ0) is 19.5. The van der Waals surface area contributed by atoms with Crippen molar-refractivity contribution in [1.29, 1.82) is 0 Å². The van der Waals surface area contributed by atoms with E-state index >= 15 is 0 Å². The Balaban J connectivity index is 1.38. The van der Waals surface area contributed by atoms with Crippen LogP contribution in [0, 0.1) is 0 Å². The summed E-state index contributed by atoms with van der Waals surface area (Å²) in [6, 6.07) is 10.5. The van der Waals surface area contributed by atoms with E-state index in [4.69, 9.17) is 0 Å². The lowest BCUT2D eigenvalue weighted by molar-refractivity contribution is -0.121. The van der Waals surface area contributed by atoms with Crippen LogP contribution in [0.4, 0.5) is 0 Å². The summed E-state index contributed by atoms with van der Waals surface area (Å²) in [5.41, 5.74) is -0.0835. The molecule has 1 amide bonds. The van der Waals surface area contributed by atoms with Crippen molar-refractivity contribution in [3.63, 3.8) is 0 Å². The Hall–Kier alpha value is -3.60. The first-order valence-electron chi connectivity index (χ1n) is 8.41. The number of nitrogens with one attached hydrogen (secondary N) is 1. The third-order valence-electron chi connectivity index (χ3n) is 4.05. The van der Waals surface area contributed by atoms with Gasteiger partial charge in [-0.25, -0.2) is 9.78 Å². The average molecular weight is 397 g/mol. The van der Waals surface area contributed by atoms with Gasteiger partial charge in [0.2, 0.25) is 5.91 Å². The zero-order valence-corrected chi connectivity index (χ0v) is 15.4. The van der Waals surface area contributed by atoms with Crippen molar-refractivity contribution < 1.29 is 4.79 Å². The number of hydrogen-bond donors (Lipinski definition) is 1. The fraction of sp³-hybridized carbons (Fsp3) is 0.176. The molecule has 0 saturated carbocycles. The fourth-order valence-electron chi connectivity index (χ4n) is 2.67. The van der Waals surface area contributed by atoms with Gasteiger partial charge >= 0.3 is 5.69 Å². The number of thiophene rings is 1. The minimum absolute atomic E-state index is 0.159. The molecule has 0 bridgehead atoms. The Bertz CT molecular complexity index is 1240. The Labute approximate surface area is 161 Å². The molecule has 11 heteroatoms. The number of tetrazole rings is 1. The molecule has 0 unspecified atom stereocenters. The molecule has 4 rings (SSSR count). The summed E-state index contributed by atoms with van der Waals surface area (Å²) in [5, 5.41) is 13.3. The molecule has 3 aromatic heterocycles. The summed E-state index contributed by atoms with van der Waals surface area (Å²) < 4.78 is 3.62. The minimum atomic E-state index is -0.383. The standard InChI is InChI=1S/C17H15N7O3S/c25-14(10-22-11-19-13-5-2-1-4-12(13)16(22)26)18-7-8-23-17(27)24(21-20-23)15-6-3-9-28-15/h1-6,9,11H,7-8,10H2,(H,18,25). The first kappa shape index (κ1) is 17.8. The van der Waals surface area contributed by atoms with E-state index in [0.29, 0.717) is 15.9 Å². The summed E-state index contributed by atoms with van der Waals surface area (Å²) in [6.45, 7) is 0.186. The SMILES string of the molecule is O=C(Cn1cnc2ccccc2c1=O)NCCn1nnn(-c2cccs2)c1=O. The van der Waals surface area contributed by atoms with E-state index in [0.717, 1.165) is 0 Å². The van der Waals surface area contributed by atoms with E-state index in [1.807, 2.05) is 11.4 Å². The maximum absolute atomic E-state index is 12.4. The highest BCUT2D eigenvalue weighted by Crippen LogP contribution is 2.10. The van der Waals surface area contributed by atoms with Crippen LogP contribution >= 0.6 is 11.3 Å². The normalized spacial score (nSPS) is 11.0. The van der Waals surface area contributed by atoms with E-state index in [9.17, 15) is 14.4 Å². The van der Waals surface area contributed by atoms with Crippen LogP contribution in [0.1, 0.15) is 0 Å². The van der Waals surface area contributed by atoms with Crippen LogP contribution < -0.4 is 16.6 Å². The summed E-state index contributed by atoms with van der Waals surface area (Å²) in [4.78, 5) is 41.0. The van der Waals surface area contributed by atoms with Crippen molar-refractivity contribution in [3.8, 4) is 5.00 Å². The van der Waals surface area contributed by atoms with Gasteiger partial charge in [0, 0.05) is 6.54 Å². The van der Waals surface area contributed by atoms with Crippen LogP contribution in [0.25, 0.3) is 15.9 Å². The molecule has 10 nitrogen and oxygen atoms in total. The van der Waals surface area contributed by atoms with Crippen molar-refractivity contribution in [1.82, 2.24) is 34.7 Å². The molecule has 0 radical (unpaired) electrons. The number of nitrogens with zero attached hydrogens (tertiary/aromatic N) is 6. The van der Waals surface area contributed by atoms with Crippen molar-refractivity contribution in [2.45, 2.75) is 13.1 Å². The van der Waals surface area contributed by atoms with Gasteiger partial charge < -0.3 is 5.32 Å². The van der Waals surface area contributed by atoms with Gasteiger partial charge in [-0.15, -0.1) is 11.3 Å². The average Bonchev–Trinajstić information content (AvgIpc) is 3.35. The van der Waals surface area contributed by atoms with Crippen LogP contribution in [0.5, 0.6) is 0 Å². The van der Waals surface area contributed by atoms with Crippen LogP contribution in [-0.4, -0.2) is 41.8 Å². The van der Waals surface area contributed by atoms with Crippen molar-refractivity contribution >= 4 is 28.1 Å².